The molecule has 100 valence electrons. The minimum Gasteiger partial charge on any atom is -0.314 e. The second-order valence-electron chi connectivity index (χ2n) is 5.97. The second kappa shape index (κ2) is 7.68. The van der Waals surface area contributed by atoms with Gasteiger partial charge < -0.3 is 5.32 Å². The molecule has 0 aromatic heterocycles. The monoisotopic (exact) mass is 255 g/mol. The highest BCUT2D eigenvalue weighted by Gasteiger charge is 2.21. The fourth-order valence-electron chi connectivity index (χ4n) is 3.51. The largest absolute Gasteiger partial charge is 0.314 e. The van der Waals surface area contributed by atoms with Gasteiger partial charge in [-0.15, -0.1) is 0 Å². The molecule has 0 heterocycles. The van der Waals surface area contributed by atoms with Crippen molar-refractivity contribution in [1.29, 1.82) is 0 Å². The van der Waals surface area contributed by atoms with Gasteiger partial charge in [0.1, 0.15) is 0 Å². The summed E-state index contributed by atoms with van der Waals surface area (Å²) in [6, 6.07) is 0.824. The molecule has 0 aliphatic heterocycles. The maximum Gasteiger partial charge on any atom is 0.00776 e. The van der Waals surface area contributed by atoms with Crippen molar-refractivity contribution >= 4 is 11.8 Å². The summed E-state index contributed by atoms with van der Waals surface area (Å²) < 4.78 is 0. The second-order valence-corrected chi connectivity index (χ2v) is 7.11. The lowest BCUT2D eigenvalue weighted by molar-refractivity contribution is 0.313. The van der Waals surface area contributed by atoms with Crippen LogP contribution in [-0.2, 0) is 0 Å². The van der Waals surface area contributed by atoms with Gasteiger partial charge in [-0.25, -0.2) is 0 Å². The van der Waals surface area contributed by atoms with Gasteiger partial charge in [0.25, 0.3) is 0 Å². The van der Waals surface area contributed by atoms with Crippen LogP contribution in [0.1, 0.15) is 64.2 Å². The molecule has 0 aromatic carbocycles. The Balaban J connectivity index is 1.57. The molecule has 2 aliphatic carbocycles. The Morgan fingerprint density at radius 2 is 1.82 bits per heavy atom. The smallest absolute Gasteiger partial charge is 0.00776 e. The van der Waals surface area contributed by atoms with Crippen molar-refractivity contribution in [2.24, 2.45) is 5.92 Å². The molecule has 2 saturated carbocycles. The normalized spacial score (nSPS) is 31.6. The molecule has 0 spiro atoms. The Bertz CT molecular complexity index is 201. The van der Waals surface area contributed by atoms with Crippen LogP contribution >= 0.6 is 11.8 Å². The van der Waals surface area contributed by atoms with Gasteiger partial charge in [0, 0.05) is 11.3 Å². The number of nitrogens with one attached hydrogen (secondary N) is 1. The van der Waals surface area contributed by atoms with E-state index in [0.717, 1.165) is 17.2 Å². The number of hydrogen-bond acceptors (Lipinski definition) is 2. The molecule has 0 radical (unpaired) electrons. The standard InChI is InChI=1S/C15H29NS/c1-17-15-9-5-8-14(12-15)16-11-10-13-6-3-2-4-7-13/h13-16H,2-12H2,1H3. The predicted octanol–water partition coefficient (Wildman–Crippen LogP) is 4.22. The van der Waals surface area contributed by atoms with E-state index in [0.29, 0.717) is 0 Å². The third kappa shape index (κ3) is 4.82. The lowest BCUT2D eigenvalue weighted by Gasteiger charge is -2.29. The molecule has 2 aliphatic rings. The summed E-state index contributed by atoms with van der Waals surface area (Å²) in [5, 5.41) is 4.75. The Morgan fingerprint density at radius 3 is 2.59 bits per heavy atom. The third-order valence-electron chi connectivity index (χ3n) is 4.67. The molecule has 2 heteroatoms. The van der Waals surface area contributed by atoms with E-state index in [1.807, 2.05) is 0 Å². The molecule has 2 fully saturated rings. The molecule has 0 bridgehead atoms. The zero-order valence-corrected chi connectivity index (χ0v) is 12.2. The summed E-state index contributed by atoms with van der Waals surface area (Å²) in [7, 11) is 0. The van der Waals surface area contributed by atoms with Crippen molar-refractivity contribution in [3.05, 3.63) is 0 Å². The Kier molecular flexibility index (Phi) is 6.21. The van der Waals surface area contributed by atoms with Crippen molar-refractivity contribution in [1.82, 2.24) is 5.32 Å². The molecule has 0 amide bonds. The molecule has 0 saturated heterocycles. The quantitative estimate of drug-likeness (QED) is 0.789. The summed E-state index contributed by atoms with van der Waals surface area (Å²) in [5.41, 5.74) is 0. The van der Waals surface area contributed by atoms with E-state index in [2.05, 4.69) is 23.3 Å². The molecule has 1 nitrogen and oxygen atoms in total. The van der Waals surface area contributed by atoms with Crippen LogP contribution in [0.5, 0.6) is 0 Å². The summed E-state index contributed by atoms with van der Waals surface area (Å²) in [4.78, 5) is 0. The average Bonchev–Trinajstić information content (AvgIpc) is 2.40. The summed E-state index contributed by atoms with van der Waals surface area (Å²) >= 11 is 2.07. The summed E-state index contributed by atoms with van der Waals surface area (Å²) in [6.07, 6.45) is 16.9. The fraction of sp³-hybridized carbons (Fsp3) is 1.00. The van der Waals surface area contributed by atoms with Gasteiger partial charge in [0.05, 0.1) is 0 Å². The zero-order chi connectivity index (χ0) is 11.9. The SMILES string of the molecule is CSC1CCCC(NCCC2CCCCC2)C1. The van der Waals surface area contributed by atoms with Crippen molar-refractivity contribution < 1.29 is 0 Å². The first kappa shape index (κ1) is 13.7. The molecular weight excluding hydrogens is 226 g/mol. The van der Waals surface area contributed by atoms with Crippen LogP contribution in [0, 0.1) is 5.92 Å². The highest BCUT2D eigenvalue weighted by Crippen LogP contribution is 2.28. The van der Waals surface area contributed by atoms with Gasteiger partial charge in [-0.2, -0.15) is 11.8 Å². The maximum absolute atomic E-state index is 3.82. The highest BCUT2D eigenvalue weighted by atomic mass is 32.2. The molecule has 2 rings (SSSR count). The lowest BCUT2D eigenvalue weighted by Crippen LogP contribution is -2.36. The van der Waals surface area contributed by atoms with Crippen molar-refractivity contribution in [3.8, 4) is 0 Å². The number of rotatable bonds is 5. The van der Waals surface area contributed by atoms with E-state index >= 15 is 0 Å². The maximum atomic E-state index is 3.82. The number of thioether (sulfide) groups is 1. The fourth-order valence-corrected chi connectivity index (χ4v) is 4.34. The van der Waals surface area contributed by atoms with Crippen LogP contribution in [0.15, 0.2) is 0 Å². The summed E-state index contributed by atoms with van der Waals surface area (Å²) in [6.45, 7) is 1.27. The van der Waals surface area contributed by atoms with Gasteiger partial charge in [-0.1, -0.05) is 38.5 Å². The minimum atomic E-state index is 0.824. The van der Waals surface area contributed by atoms with E-state index in [1.165, 1.54) is 70.8 Å². The molecule has 2 atom stereocenters. The Labute approximate surface area is 112 Å². The zero-order valence-electron chi connectivity index (χ0n) is 11.4. The van der Waals surface area contributed by atoms with Gasteiger partial charge in [0.15, 0.2) is 0 Å². The van der Waals surface area contributed by atoms with Crippen LogP contribution in [0.25, 0.3) is 0 Å². The van der Waals surface area contributed by atoms with Crippen LogP contribution in [0.4, 0.5) is 0 Å². The first-order valence-electron chi connectivity index (χ1n) is 7.64. The first-order valence-corrected chi connectivity index (χ1v) is 8.93. The van der Waals surface area contributed by atoms with Gasteiger partial charge >= 0.3 is 0 Å². The van der Waals surface area contributed by atoms with Gasteiger partial charge in [0.2, 0.25) is 0 Å². The Morgan fingerprint density at radius 1 is 1.00 bits per heavy atom. The first-order chi connectivity index (χ1) is 8.38. The van der Waals surface area contributed by atoms with E-state index in [9.17, 15) is 0 Å². The molecule has 2 unspecified atom stereocenters. The lowest BCUT2D eigenvalue weighted by atomic mass is 9.87. The summed E-state index contributed by atoms with van der Waals surface area (Å²) in [5.74, 6) is 1.04. The van der Waals surface area contributed by atoms with Crippen LogP contribution in [-0.4, -0.2) is 24.1 Å². The third-order valence-corrected chi connectivity index (χ3v) is 5.76. The number of hydrogen-bond donors (Lipinski definition) is 1. The Hall–Kier alpha value is 0.310. The topological polar surface area (TPSA) is 12.0 Å². The molecule has 1 N–H and O–H groups in total. The highest BCUT2D eigenvalue weighted by molar-refractivity contribution is 7.99. The van der Waals surface area contributed by atoms with Crippen LogP contribution in [0.3, 0.4) is 0 Å². The van der Waals surface area contributed by atoms with Crippen LogP contribution < -0.4 is 5.32 Å². The predicted molar refractivity (Wildman–Crippen MR) is 78.8 cm³/mol. The van der Waals surface area contributed by atoms with Gasteiger partial charge in [-0.05, 0) is 44.4 Å². The van der Waals surface area contributed by atoms with Crippen molar-refractivity contribution in [2.45, 2.75) is 75.5 Å². The van der Waals surface area contributed by atoms with E-state index in [-0.39, 0.29) is 0 Å². The molecular formula is C15H29NS. The average molecular weight is 255 g/mol. The van der Waals surface area contributed by atoms with Crippen molar-refractivity contribution in [3.63, 3.8) is 0 Å². The van der Waals surface area contributed by atoms with Gasteiger partial charge in [-0.3, -0.25) is 0 Å². The van der Waals surface area contributed by atoms with Crippen LogP contribution in [0.2, 0.25) is 0 Å². The van der Waals surface area contributed by atoms with E-state index < -0.39 is 0 Å². The van der Waals surface area contributed by atoms with E-state index in [4.69, 9.17) is 0 Å². The molecule has 0 aromatic rings. The van der Waals surface area contributed by atoms with Crippen molar-refractivity contribution in [2.75, 3.05) is 12.8 Å². The minimum absolute atomic E-state index is 0.824. The van der Waals surface area contributed by atoms with E-state index in [1.54, 1.807) is 0 Å². The molecule has 17 heavy (non-hydrogen) atoms.